The summed E-state index contributed by atoms with van der Waals surface area (Å²) in [7, 11) is -4.28. The van der Waals surface area contributed by atoms with Gasteiger partial charge in [0.1, 0.15) is 38.0 Å². The molecular weight excluding hydrogens is 360 g/mol. The van der Waals surface area contributed by atoms with E-state index in [-0.39, 0.29) is 18.9 Å². The van der Waals surface area contributed by atoms with Crippen LogP contribution in [-0.4, -0.2) is 88.9 Å². The fourth-order valence-corrected chi connectivity index (χ4v) is 3.70. The molecule has 0 aliphatic carbocycles. The molecule has 0 fully saturated rings. The van der Waals surface area contributed by atoms with Gasteiger partial charge in [0.15, 0.2) is 0 Å². The predicted octanol–water partition coefficient (Wildman–Crippen LogP) is 0.0497. The summed E-state index contributed by atoms with van der Waals surface area (Å²) in [5.41, 5.74) is 0. The molecule has 0 aromatic rings. The molecule has 1 aliphatic heterocycles. The Labute approximate surface area is 155 Å². The number of aliphatic hydroxyl groups excluding tert-OH is 2. The second kappa shape index (κ2) is 11.4. The van der Waals surface area contributed by atoms with Crippen LogP contribution in [0.1, 0.15) is 38.5 Å². The highest BCUT2D eigenvalue weighted by Crippen LogP contribution is 2.11. The fraction of sp³-hybridized carbons (Fsp3) is 0.765. The van der Waals surface area contributed by atoms with Gasteiger partial charge < -0.3 is 10.2 Å². The SMILES string of the molecule is C=CCCCCCCC(=O)C1=[N+](CC(O)CS(=O)(=O)O)CCN1CCO. The van der Waals surface area contributed by atoms with Crippen LogP contribution in [-0.2, 0) is 14.9 Å². The maximum absolute atomic E-state index is 12.6. The maximum atomic E-state index is 12.6. The number of amidine groups is 1. The molecule has 150 valence electrons. The van der Waals surface area contributed by atoms with E-state index in [1.807, 2.05) is 6.08 Å². The van der Waals surface area contributed by atoms with E-state index in [1.54, 1.807) is 9.48 Å². The van der Waals surface area contributed by atoms with Gasteiger partial charge in [-0.25, -0.2) is 0 Å². The fourth-order valence-electron chi connectivity index (χ4n) is 3.11. The van der Waals surface area contributed by atoms with Crippen molar-refractivity contribution in [3.8, 4) is 0 Å². The quantitative estimate of drug-likeness (QED) is 0.166. The molecule has 1 atom stereocenters. The van der Waals surface area contributed by atoms with E-state index in [0.717, 1.165) is 32.1 Å². The number of hydrogen-bond donors (Lipinski definition) is 3. The predicted molar refractivity (Wildman–Crippen MR) is 99.0 cm³/mol. The van der Waals surface area contributed by atoms with E-state index in [0.29, 0.717) is 31.9 Å². The highest BCUT2D eigenvalue weighted by atomic mass is 32.2. The van der Waals surface area contributed by atoms with E-state index in [1.165, 1.54) is 0 Å². The second-order valence-corrected chi connectivity index (χ2v) is 8.04. The van der Waals surface area contributed by atoms with Crippen molar-refractivity contribution in [2.45, 2.75) is 44.6 Å². The molecule has 0 aromatic heterocycles. The number of β-amino-alcohol motifs (C(OH)–C–C–N with tert-alkyl or cyclic N) is 2. The Balaban J connectivity index is 2.70. The molecule has 1 rings (SSSR count). The summed E-state index contributed by atoms with van der Waals surface area (Å²) in [6.45, 7) is 4.82. The monoisotopic (exact) mass is 391 g/mol. The smallest absolute Gasteiger partial charge is 0.316 e. The number of allylic oxidation sites excluding steroid dienone is 1. The molecule has 9 heteroatoms. The zero-order valence-electron chi connectivity index (χ0n) is 15.2. The topological polar surface area (TPSA) is 118 Å². The number of nitrogens with zero attached hydrogens (tertiary/aromatic N) is 2. The van der Waals surface area contributed by atoms with E-state index in [9.17, 15) is 23.4 Å². The largest absolute Gasteiger partial charge is 0.392 e. The van der Waals surface area contributed by atoms with Crippen LogP contribution in [0.5, 0.6) is 0 Å². The third-order valence-corrected chi connectivity index (χ3v) is 5.06. The van der Waals surface area contributed by atoms with Crippen LogP contribution < -0.4 is 0 Å². The number of hydrogen-bond acceptors (Lipinski definition) is 6. The maximum Gasteiger partial charge on any atom is 0.316 e. The summed E-state index contributed by atoms with van der Waals surface area (Å²) in [4.78, 5) is 14.4. The number of carbonyl (C=O) groups is 1. The number of Topliss-reactive ketones (excluding diaryl/α,β-unsaturated/α-hetero) is 1. The molecule has 0 bridgehead atoms. The third kappa shape index (κ3) is 8.39. The van der Waals surface area contributed by atoms with Gasteiger partial charge >= 0.3 is 5.84 Å². The van der Waals surface area contributed by atoms with Crippen LogP contribution in [0.15, 0.2) is 12.7 Å². The van der Waals surface area contributed by atoms with E-state index < -0.39 is 22.0 Å². The number of carbonyl (C=O) groups excluding carboxylic acids is 1. The van der Waals surface area contributed by atoms with Crippen LogP contribution in [0, 0.1) is 0 Å². The van der Waals surface area contributed by atoms with Crippen LogP contribution in [0.25, 0.3) is 0 Å². The molecule has 0 aromatic carbocycles. The lowest BCUT2D eigenvalue weighted by Crippen LogP contribution is -2.40. The van der Waals surface area contributed by atoms with Gasteiger partial charge in [0.25, 0.3) is 10.1 Å². The first kappa shape index (κ1) is 22.8. The van der Waals surface area contributed by atoms with Crippen molar-refractivity contribution in [1.82, 2.24) is 4.90 Å². The van der Waals surface area contributed by atoms with E-state index in [4.69, 9.17) is 4.55 Å². The van der Waals surface area contributed by atoms with Crippen molar-refractivity contribution < 1.29 is 32.6 Å². The van der Waals surface area contributed by atoms with Crippen LogP contribution in [0.4, 0.5) is 0 Å². The molecule has 8 nitrogen and oxygen atoms in total. The summed E-state index contributed by atoms with van der Waals surface area (Å²) in [6, 6.07) is 0. The molecule has 0 radical (unpaired) electrons. The van der Waals surface area contributed by atoms with Crippen molar-refractivity contribution in [3.05, 3.63) is 12.7 Å². The molecular formula is C17H31N2O6S+. The summed E-state index contributed by atoms with van der Waals surface area (Å²) in [6.07, 6.45) is 5.71. The van der Waals surface area contributed by atoms with Gasteiger partial charge in [-0.05, 0) is 19.3 Å². The third-order valence-electron chi connectivity index (χ3n) is 4.25. The number of unbranched alkanes of at least 4 members (excludes halogenated alkanes) is 4. The van der Waals surface area contributed by atoms with E-state index in [2.05, 4.69) is 6.58 Å². The lowest BCUT2D eigenvalue weighted by molar-refractivity contribution is -0.525. The first-order valence-electron chi connectivity index (χ1n) is 9.03. The van der Waals surface area contributed by atoms with Crippen molar-refractivity contribution in [2.75, 3.05) is 38.5 Å². The van der Waals surface area contributed by atoms with Crippen LogP contribution in [0.2, 0.25) is 0 Å². The minimum absolute atomic E-state index is 0.0534. The highest BCUT2D eigenvalue weighted by Gasteiger charge is 2.36. The molecule has 3 N–H and O–H groups in total. The summed E-state index contributed by atoms with van der Waals surface area (Å²) in [5, 5.41) is 19.1. The Morgan fingerprint density at radius 3 is 2.62 bits per heavy atom. The average Bonchev–Trinajstić information content (AvgIpc) is 2.91. The van der Waals surface area contributed by atoms with Crippen molar-refractivity contribution in [2.24, 2.45) is 0 Å². The van der Waals surface area contributed by atoms with Gasteiger partial charge in [0.2, 0.25) is 5.78 Å². The Bertz CT molecular complexity index is 602. The zero-order valence-corrected chi connectivity index (χ0v) is 16.0. The first-order valence-corrected chi connectivity index (χ1v) is 10.6. The van der Waals surface area contributed by atoms with Crippen molar-refractivity contribution in [3.63, 3.8) is 0 Å². The second-order valence-electron chi connectivity index (χ2n) is 6.55. The Hall–Kier alpha value is -1.29. The van der Waals surface area contributed by atoms with Crippen molar-refractivity contribution >= 4 is 21.7 Å². The minimum atomic E-state index is -4.28. The summed E-state index contributed by atoms with van der Waals surface area (Å²) < 4.78 is 32.3. The highest BCUT2D eigenvalue weighted by molar-refractivity contribution is 7.85. The van der Waals surface area contributed by atoms with Gasteiger partial charge in [0.05, 0.1) is 6.61 Å². The van der Waals surface area contributed by atoms with Gasteiger partial charge in [-0.1, -0.05) is 18.9 Å². The summed E-state index contributed by atoms with van der Waals surface area (Å²) in [5.74, 6) is -0.424. The average molecular weight is 392 g/mol. The van der Waals surface area contributed by atoms with Crippen LogP contribution in [0.3, 0.4) is 0 Å². The molecule has 0 spiro atoms. The number of ketones is 1. The molecule has 1 aliphatic rings. The number of aliphatic hydroxyl groups is 2. The normalized spacial score (nSPS) is 16.2. The lowest BCUT2D eigenvalue weighted by atomic mass is 10.1. The molecule has 0 saturated carbocycles. The Morgan fingerprint density at radius 2 is 2.00 bits per heavy atom. The molecule has 26 heavy (non-hydrogen) atoms. The van der Waals surface area contributed by atoms with Crippen molar-refractivity contribution in [1.29, 1.82) is 0 Å². The first-order chi connectivity index (χ1) is 12.3. The molecule has 0 saturated heterocycles. The summed E-state index contributed by atoms with van der Waals surface area (Å²) >= 11 is 0. The zero-order chi connectivity index (χ0) is 19.6. The van der Waals surface area contributed by atoms with E-state index >= 15 is 0 Å². The van der Waals surface area contributed by atoms with Gasteiger partial charge in [-0.15, -0.1) is 6.58 Å². The standard InChI is InChI=1S/C17H30N2O6S/c1-2-3-4-5-6-7-8-16(22)17-18(11-12-20)9-10-19(17)13-15(21)14-26(23,24)25/h2,15,20-21H,1,3-14H2/p+1. The Morgan fingerprint density at radius 1 is 1.31 bits per heavy atom. The molecule has 1 unspecified atom stereocenters. The van der Waals surface area contributed by atoms with Crippen LogP contribution >= 0.6 is 0 Å². The van der Waals surface area contributed by atoms with Gasteiger partial charge in [0, 0.05) is 6.42 Å². The lowest BCUT2D eigenvalue weighted by Gasteiger charge is -2.13. The van der Waals surface area contributed by atoms with Gasteiger partial charge in [-0.2, -0.15) is 8.42 Å². The molecule has 0 amide bonds. The minimum Gasteiger partial charge on any atom is -0.392 e. The van der Waals surface area contributed by atoms with Gasteiger partial charge in [-0.3, -0.25) is 18.8 Å². The molecule has 1 heterocycles. The Kier molecular flexibility index (Phi) is 10.0. The number of rotatable bonds is 14.